The lowest BCUT2D eigenvalue weighted by atomic mass is 10.2. The maximum Gasteiger partial charge on any atom is 0.346 e. The molecule has 0 aliphatic carbocycles. The third kappa shape index (κ3) is 3.35. The van der Waals surface area contributed by atoms with E-state index >= 15 is 0 Å². The standard InChI is InChI=1S/C12H17NO4/c1-8(12(14)16-3)17-10-5-4-9(7-13)6-11(10)15-2/h4-6,8H,7,13H2,1-3H3. The minimum absolute atomic E-state index is 0.420. The van der Waals surface area contributed by atoms with Gasteiger partial charge in [0.05, 0.1) is 14.2 Å². The van der Waals surface area contributed by atoms with Crippen molar-refractivity contribution in [3.63, 3.8) is 0 Å². The molecule has 5 heteroatoms. The highest BCUT2D eigenvalue weighted by atomic mass is 16.6. The lowest BCUT2D eigenvalue weighted by Gasteiger charge is -2.15. The van der Waals surface area contributed by atoms with Gasteiger partial charge in [0, 0.05) is 6.54 Å². The Morgan fingerprint density at radius 3 is 2.59 bits per heavy atom. The molecule has 0 fully saturated rings. The monoisotopic (exact) mass is 239 g/mol. The van der Waals surface area contributed by atoms with Crippen molar-refractivity contribution < 1.29 is 19.0 Å². The van der Waals surface area contributed by atoms with Crippen LogP contribution in [0.4, 0.5) is 0 Å². The smallest absolute Gasteiger partial charge is 0.346 e. The van der Waals surface area contributed by atoms with Gasteiger partial charge >= 0.3 is 5.97 Å². The SMILES string of the molecule is COC(=O)C(C)Oc1ccc(CN)cc1OC. The second kappa shape index (κ2) is 6.10. The molecule has 17 heavy (non-hydrogen) atoms. The molecular weight excluding hydrogens is 222 g/mol. The van der Waals surface area contributed by atoms with Crippen molar-refractivity contribution in [3.8, 4) is 11.5 Å². The predicted molar refractivity (Wildman–Crippen MR) is 63.0 cm³/mol. The molecule has 0 heterocycles. The highest BCUT2D eigenvalue weighted by Crippen LogP contribution is 2.28. The van der Waals surface area contributed by atoms with Gasteiger partial charge in [-0.1, -0.05) is 6.07 Å². The van der Waals surface area contributed by atoms with Gasteiger partial charge in [0.25, 0.3) is 0 Å². The van der Waals surface area contributed by atoms with Crippen molar-refractivity contribution in [3.05, 3.63) is 23.8 Å². The Labute approximate surface area is 100 Å². The lowest BCUT2D eigenvalue weighted by molar-refractivity contribution is -0.147. The van der Waals surface area contributed by atoms with E-state index in [-0.39, 0.29) is 0 Å². The molecule has 0 aliphatic heterocycles. The third-order valence-electron chi connectivity index (χ3n) is 2.30. The molecule has 1 unspecified atom stereocenters. The van der Waals surface area contributed by atoms with E-state index in [9.17, 15) is 4.79 Å². The lowest BCUT2D eigenvalue weighted by Crippen LogP contribution is -2.25. The van der Waals surface area contributed by atoms with Crippen LogP contribution in [0.1, 0.15) is 12.5 Å². The zero-order chi connectivity index (χ0) is 12.8. The Balaban J connectivity index is 2.87. The van der Waals surface area contributed by atoms with Crippen molar-refractivity contribution in [1.29, 1.82) is 0 Å². The highest BCUT2D eigenvalue weighted by molar-refractivity contribution is 5.74. The molecule has 2 N–H and O–H groups in total. The number of rotatable bonds is 5. The van der Waals surface area contributed by atoms with Gasteiger partial charge in [-0.25, -0.2) is 4.79 Å². The topological polar surface area (TPSA) is 70.8 Å². The van der Waals surface area contributed by atoms with Crippen molar-refractivity contribution >= 4 is 5.97 Å². The van der Waals surface area contributed by atoms with E-state index in [1.165, 1.54) is 14.2 Å². The predicted octanol–water partition coefficient (Wildman–Crippen LogP) is 1.09. The maximum atomic E-state index is 11.2. The first-order valence-corrected chi connectivity index (χ1v) is 5.23. The molecule has 1 aromatic carbocycles. The first-order valence-electron chi connectivity index (χ1n) is 5.23. The van der Waals surface area contributed by atoms with Crippen LogP contribution < -0.4 is 15.2 Å². The van der Waals surface area contributed by atoms with Crippen LogP contribution in [0.2, 0.25) is 0 Å². The number of hydrogen-bond donors (Lipinski definition) is 1. The molecular formula is C12H17NO4. The van der Waals surface area contributed by atoms with Gasteiger partial charge in [0.1, 0.15) is 0 Å². The summed E-state index contributed by atoms with van der Waals surface area (Å²) >= 11 is 0. The summed E-state index contributed by atoms with van der Waals surface area (Å²) in [5.74, 6) is 0.598. The number of benzene rings is 1. The average Bonchev–Trinajstić information content (AvgIpc) is 2.37. The van der Waals surface area contributed by atoms with Crippen molar-refractivity contribution in [2.75, 3.05) is 14.2 Å². The molecule has 94 valence electrons. The van der Waals surface area contributed by atoms with Crippen LogP contribution in [0.25, 0.3) is 0 Å². The number of hydrogen-bond acceptors (Lipinski definition) is 5. The summed E-state index contributed by atoms with van der Waals surface area (Å²) in [5.41, 5.74) is 6.45. The van der Waals surface area contributed by atoms with Gasteiger partial charge in [-0.2, -0.15) is 0 Å². The zero-order valence-corrected chi connectivity index (χ0v) is 10.2. The molecule has 5 nitrogen and oxygen atoms in total. The van der Waals surface area contributed by atoms with Gasteiger partial charge in [0.15, 0.2) is 17.6 Å². The molecule has 0 spiro atoms. The Kier molecular flexibility index (Phi) is 4.78. The molecule has 0 bridgehead atoms. The normalized spacial score (nSPS) is 11.8. The van der Waals surface area contributed by atoms with Crippen LogP contribution in [0.3, 0.4) is 0 Å². The average molecular weight is 239 g/mol. The Hall–Kier alpha value is -1.75. The van der Waals surface area contributed by atoms with Crippen LogP contribution in [0.15, 0.2) is 18.2 Å². The molecule has 0 saturated carbocycles. The summed E-state index contributed by atoms with van der Waals surface area (Å²) in [4.78, 5) is 11.2. The summed E-state index contributed by atoms with van der Waals surface area (Å²) in [6, 6.07) is 5.32. The molecule has 1 aromatic rings. The van der Waals surface area contributed by atoms with Gasteiger partial charge in [-0.05, 0) is 24.6 Å². The van der Waals surface area contributed by atoms with E-state index in [0.29, 0.717) is 18.0 Å². The van der Waals surface area contributed by atoms with Gasteiger partial charge in [-0.3, -0.25) is 0 Å². The minimum Gasteiger partial charge on any atom is -0.493 e. The Morgan fingerprint density at radius 1 is 1.35 bits per heavy atom. The van der Waals surface area contributed by atoms with Crippen molar-refractivity contribution in [1.82, 2.24) is 0 Å². The zero-order valence-electron chi connectivity index (χ0n) is 10.2. The molecule has 0 radical (unpaired) electrons. The van der Waals surface area contributed by atoms with Crippen molar-refractivity contribution in [2.45, 2.75) is 19.6 Å². The molecule has 1 rings (SSSR count). The van der Waals surface area contributed by atoms with E-state index in [1.807, 2.05) is 6.07 Å². The molecule has 0 aliphatic rings. The number of methoxy groups -OCH3 is 2. The molecule has 0 amide bonds. The van der Waals surface area contributed by atoms with Crippen LogP contribution in [0, 0.1) is 0 Å². The fourth-order valence-corrected chi connectivity index (χ4v) is 1.34. The van der Waals surface area contributed by atoms with Gasteiger partial charge in [0.2, 0.25) is 0 Å². The van der Waals surface area contributed by atoms with Gasteiger partial charge < -0.3 is 19.9 Å². The van der Waals surface area contributed by atoms with Crippen LogP contribution >= 0.6 is 0 Å². The number of carbonyl (C=O) groups excluding carboxylic acids is 1. The summed E-state index contributed by atoms with van der Waals surface area (Å²) in [6.45, 7) is 2.03. The fourth-order valence-electron chi connectivity index (χ4n) is 1.34. The molecule has 0 saturated heterocycles. The highest BCUT2D eigenvalue weighted by Gasteiger charge is 2.17. The number of carbonyl (C=O) groups is 1. The first-order chi connectivity index (χ1) is 8.12. The summed E-state index contributed by atoms with van der Waals surface area (Å²) in [7, 11) is 2.85. The summed E-state index contributed by atoms with van der Waals surface area (Å²) in [5, 5.41) is 0. The third-order valence-corrected chi connectivity index (χ3v) is 2.30. The second-order valence-electron chi connectivity index (χ2n) is 3.47. The maximum absolute atomic E-state index is 11.2. The van der Waals surface area contributed by atoms with E-state index in [0.717, 1.165) is 5.56 Å². The number of esters is 1. The molecule has 1 atom stereocenters. The van der Waals surface area contributed by atoms with Crippen LogP contribution in [0.5, 0.6) is 11.5 Å². The first kappa shape index (κ1) is 13.3. The fraction of sp³-hybridized carbons (Fsp3) is 0.417. The van der Waals surface area contributed by atoms with Crippen LogP contribution in [-0.4, -0.2) is 26.3 Å². The van der Waals surface area contributed by atoms with Gasteiger partial charge in [-0.15, -0.1) is 0 Å². The number of nitrogens with two attached hydrogens (primary N) is 1. The largest absolute Gasteiger partial charge is 0.493 e. The molecule has 0 aromatic heterocycles. The van der Waals surface area contributed by atoms with E-state index in [2.05, 4.69) is 4.74 Å². The van der Waals surface area contributed by atoms with E-state index in [1.54, 1.807) is 19.1 Å². The second-order valence-corrected chi connectivity index (χ2v) is 3.47. The quantitative estimate of drug-likeness (QED) is 0.779. The minimum atomic E-state index is -0.683. The summed E-state index contributed by atoms with van der Waals surface area (Å²) < 4.78 is 15.2. The number of ether oxygens (including phenoxy) is 3. The summed E-state index contributed by atoms with van der Waals surface area (Å²) in [6.07, 6.45) is -0.683. The van der Waals surface area contributed by atoms with E-state index < -0.39 is 12.1 Å². The van der Waals surface area contributed by atoms with Crippen molar-refractivity contribution in [2.24, 2.45) is 5.73 Å². The van der Waals surface area contributed by atoms with Crippen LogP contribution in [-0.2, 0) is 16.1 Å². The Morgan fingerprint density at radius 2 is 2.06 bits per heavy atom. The van der Waals surface area contributed by atoms with E-state index in [4.69, 9.17) is 15.2 Å². The Bertz CT molecular complexity index is 392.